The van der Waals surface area contributed by atoms with E-state index >= 15 is 0 Å². The van der Waals surface area contributed by atoms with Gasteiger partial charge in [0.05, 0.1) is 11.7 Å². The molecule has 2 aliphatic rings. The molecule has 2 aromatic rings. The molecular formula is C20H25N5O2. The Morgan fingerprint density at radius 3 is 2.41 bits per heavy atom. The molecule has 2 fully saturated rings. The van der Waals surface area contributed by atoms with E-state index in [1.165, 1.54) is 0 Å². The van der Waals surface area contributed by atoms with Gasteiger partial charge in [-0.05, 0) is 44.9 Å². The average Bonchev–Trinajstić information content (AvgIpc) is 2.98. The van der Waals surface area contributed by atoms with Gasteiger partial charge in [-0.25, -0.2) is 0 Å². The number of nitrogens with zero attached hydrogens (tertiary/aromatic N) is 5. The Morgan fingerprint density at radius 1 is 1.07 bits per heavy atom. The van der Waals surface area contributed by atoms with Crippen molar-refractivity contribution in [3.8, 4) is 0 Å². The lowest BCUT2D eigenvalue weighted by atomic mass is 9.93. The van der Waals surface area contributed by atoms with E-state index in [0.717, 1.165) is 37.3 Å². The third-order valence-corrected chi connectivity index (χ3v) is 5.58. The van der Waals surface area contributed by atoms with Gasteiger partial charge in [-0.3, -0.25) is 19.3 Å². The summed E-state index contributed by atoms with van der Waals surface area (Å²) in [4.78, 5) is 33.1. The summed E-state index contributed by atoms with van der Waals surface area (Å²) in [6.45, 7) is 6.73. The van der Waals surface area contributed by atoms with Crippen LogP contribution < -0.4 is 0 Å². The molecule has 0 aromatic carbocycles. The van der Waals surface area contributed by atoms with E-state index in [-0.39, 0.29) is 23.8 Å². The minimum Gasteiger partial charge on any atom is -0.338 e. The Labute approximate surface area is 159 Å². The number of aromatic nitrogens is 3. The van der Waals surface area contributed by atoms with Gasteiger partial charge in [0.2, 0.25) is 5.91 Å². The Bertz CT molecular complexity index is 833. The van der Waals surface area contributed by atoms with Crippen LogP contribution in [0, 0.1) is 19.8 Å². The zero-order chi connectivity index (χ0) is 19.0. The van der Waals surface area contributed by atoms with Crippen molar-refractivity contribution >= 4 is 11.8 Å². The molecule has 7 heteroatoms. The first-order valence-corrected chi connectivity index (χ1v) is 9.55. The topological polar surface area (TPSA) is 71.3 Å². The van der Waals surface area contributed by atoms with Crippen LogP contribution in [-0.4, -0.2) is 62.6 Å². The van der Waals surface area contributed by atoms with Gasteiger partial charge in [0.25, 0.3) is 5.91 Å². The molecule has 0 unspecified atom stereocenters. The highest BCUT2D eigenvalue weighted by atomic mass is 16.2. The number of rotatable bonds is 3. The highest BCUT2D eigenvalue weighted by molar-refractivity contribution is 5.92. The fourth-order valence-corrected chi connectivity index (χ4v) is 4.04. The summed E-state index contributed by atoms with van der Waals surface area (Å²) in [6.07, 6.45) is 3.07. The highest BCUT2D eigenvalue weighted by Crippen LogP contribution is 2.28. The van der Waals surface area contributed by atoms with E-state index in [2.05, 4.69) is 23.1 Å². The number of likely N-dealkylation sites (tertiary alicyclic amines) is 2. The van der Waals surface area contributed by atoms with Crippen LogP contribution in [0.2, 0.25) is 0 Å². The van der Waals surface area contributed by atoms with Crippen molar-refractivity contribution in [2.24, 2.45) is 5.92 Å². The molecule has 2 aromatic heterocycles. The molecule has 4 heterocycles. The zero-order valence-corrected chi connectivity index (χ0v) is 15.8. The third kappa shape index (κ3) is 3.46. The normalized spacial score (nSPS) is 18.4. The van der Waals surface area contributed by atoms with Crippen molar-refractivity contribution in [3.63, 3.8) is 0 Å². The summed E-state index contributed by atoms with van der Waals surface area (Å²) in [5, 5.41) is 4.53. The monoisotopic (exact) mass is 367 g/mol. The fraction of sp³-hybridized carbons (Fsp3) is 0.500. The summed E-state index contributed by atoms with van der Waals surface area (Å²) < 4.78 is 2.03. The molecule has 2 amide bonds. The quantitative estimate of drug-likeness (QED) is 0.830. The number of piperidine rings is 1. The molecule has 0 atom stereocenters. The lowest BCUT2D eigenvalue weighted by Crippen LogP contribution is -2.54. The highest BCUT2D eigenvalue weighted by Gasteiger charge is 2.38. The maximum atomic E-state index is 12.8. The lowest BCUT2D eigenvalue weighted by Gasteiger charge is -2.42. The SMILES string of the molecule is Cc1cc(C)n(C2CN(C(=O)C3CCN(C(=O)c4ccccn4)CC3)C2)n1. The lowest BCUT2D eigenvalue weighted by molar-refractivity contribution is -0.143. The van der Waals surface area contributed by atoms with Crippen molar-refractivity contribution in [3.05, 3.63) is 47.5 Å². The van der Waals surface area contributed by atoms with E-state index < -0.39 is 0 Å². The van der Waals surface area contributed by atoms with Crippen molar-refractivity contribution in [1.29, 1.82) is 0 Å². The molecular weight excluding hydrogens is 342 g/mol. The summed E-state index contributed by atoms with van der Waals surface area (Å²) in [7, 11) is 0. The standard InChI is InChI=1S/C20H25N5O2/c1-14-11-15(2)25(22-14)17-12-24(13-17)19(26)16-6-9-23(10-7-16)20(27)18-5-3-4-8-21-18/h3-5,8,11,16-17H,6-7,9-10,12-13H2,1-2H3. The molecule has 2 aliphatic heterocycles. The number of aryl methyl sites for hydroxylation is 2. The Hall–Kier alpha value is -2.70. The molecule has 7 nitrogen and oxygen atoms in total. The van der Waals surface area contributed by atoms with E-state index in [1.54, 1.807) is 23.2 Å². The summed E-state index contributed by atoms with van der Waals surface area (Å²) >= 11 is 0. The number of amides is 2. The van der Waals surface area contributed by atoms with Gasteiger partial charge in [-0.1, -0.05) is 6.07 Å². The van der Waals surface area contributed by atoms with Crippen LogP contribution in [0.15, 0.2) is 30.5 Å². The number of hydrogen-bond donors (Lipinski definition) is 0. The van der Waals surface area contributed by atoms with Crippen LogP contribution >= 0.6 is 0 Å². The van der Waals surface area contributed by atoms with Crippen LogP contribution in [0.4, 0.5) is 0 Å². The van der Waals surface area contributed by atoms with Crippen molar-refractivity contribution in [1.82, 2.24) is 24.6 Å². The summed E-state index contributed by atoms with van der Waals surface area (Å²) in [5.41, 5.74) is 2.63. The minimum atomic E-state index is -0.0463. The van der Waals surface area contributed by atoms with Crippen LogP contribution in [0.25, 0.3) is 0 Å². The van der Waals surface area contributed by atoms with Gasteiger partial charge in [0.1, 0.15) is 5.69 Å². The Morgan fingerprint density at radius 2 is 1.81 bits per heavy atom. The second kappa shape index (κ2) is 7.13. The first kappa shape index (κ1) is 17.7. The molecule has 0 aliphatic carbocycles. The summed E-state index contributed by atoms with van der Waals surface area (Å²) in [6, 6.07) is 7.71. The van der Waals surface area contributed by atoms with Gasteiger partial charge in [-0.15, -0.1) is 0 Å². The molecule has 2 saturated heterocycles. The maximum Gasteiger partial charge on any atom is 0.272 e. The number of pyridine rings is 1. The van der Waals surface area contributed by atoms with E-state index in [4.69, 9.17) is 0 Å². The maximum absolute atomic E-state index is 12.8. The van der Waals surface area contributed by atoms with Crippen molar-refractivity contribution in [2.45, 2.75) is 32.7 Å². The van der Waals surface area contributed by atoms with E-state index in [0.29, 0.717) is 18.8 Å². The van der Waals surface area contributed by atoms with Crippen LogP contribution in [0.5, 0.6) is 0 Å². The third-order valence-electron chi connectivity index (χ3n) is 5.58. The average molecular weight is 367 g/mol. The smallest absolute Gasteiger partial charge is 0.272 e. The summed E-state index contributed by atoms with van der Waals surface area (Å²) in [5.74, 6) is 0.187. The predicted molar refractivity (Wildman–Crippen MR) is 100 cm³/mol. The first-order chi connectivity index (χ1) is 13.0. The molecule has 0 saturated carbocycles. The fourth-order valence-electron chi connectivity index (χ4n) is 4.04. The molecule has 142 valence electrons. The first-order valence-electron chi connectivity index (χ1n) is 9.55. The molecule has 27 heavy (non-hydrogen) atoms. The van der Waals surface area contributed by atoms with Gasteiger partial charge in [-0.2, -0.15) is 5.10 Å². The molecule has 0 radical (unpaired) electrons. The van der Waals surface area contributed by atoms with Crippen LogP contribution in [-0.2, 0) is 4.79 Å². The number of carbonyl (C=O) groups excluding carboxylic acids is 2. The molecule has 0 bridgehead atoms. The number of hydrogen-bond acceptors (Lipinski definition) is 4. The Balaban J connectivity index is 1.28. The molecule has 0 spiro atoms. The zero-order valence-electron chi connectivity index (χ0n) is 15.8. The second-order valence-electron chi connectivity index (χ2n) is 7.55. The van der Waals surface area contributed by atoms with Gasteiger partial charge in [0.15, 0.2) is 0 Å². The molecule has 4 rings (SSSR count). The predicted octanol–water partition coefficient (Wildman–Crippen LogP) is 1.83. The second-order valence-corrected chi connectivity index (χ2v) is 7.55. The van der Waals surface area contributed by atoms with E-state index in [1.807, 2.05) is 22.6 Å². The Kier molecular flexibility index (Phi) is 4.68. The van der Waals surface area contributed by atoms with Crippen molar-refractivity contribution in [2.75, 3.05) is 26.2 Å². The van der Waals surface area contributed by atoms with E-state index in [9.17, 15) is 9.59 Å². The van der Waals surface area contributed by atoms with Gasteiger partial charge in [0, 0.05) is 44.0 Å². The van der Waals surface area contributed by atoms with Gasteiger partial charge < -0.3 is 9.80 Å². The molecule has 0 N–H and O–H groups in total. The minimum absolute atomic E-state index is 0.0131. The number of carbonyl (C=O) groups is 2. The van der Waals surface area contributed by atoms with Gasteiger partial charge >= 0.3 is 0 Å². The van der Waals surface area contributed by atoms with Crippen LogP contribution in [0.3, 0.4) is 0 Å². The van der Waals surface area contributed by atoms with Crippen molar-refractivity contribution < 1.29 is 9.59 Å². The van der Waals surface area contributed by atoms with Crippen LogP contribution in [0.1, 0.15) is 40.8 Å². The largest absolute Gasteiger partial charge is 0.338 e.